The van der Waals surface area contributed by atoms with Gasteiger partial charge in [0.15, 0.2) is 0 Å². The van der Waals surface area contributed by atoms with Crippen molar-refractivity contribution in [3.8, 4) is 5.75 Å². The molecule has 0 bridgehead atoms. The fourth-order valence-electron chi connectivity index (χ4n) is 2.32. The summed E-state index contributed by atoms with van der Waals surface area (Å²) in [7, 11) is 3.68. The van der Waals surface area contributed by atoms with E-state index in [2.05, 4.69) is 5.10 Å². The van der Waals surface area contributed by atoms with Crippen LogP contribution in [-0.4, -0.2) is 40.8 Å². The Morgan fingerprint density at radius 1 is 1.30 bits per heavy atom. The topological polar surface area (TPSA) is 47.4 Å². The summed E-state index contributed by atoms with van der Waals surface area (Å²) in [5.74, 6) is 0.804. The molecule has 0 unspecified atom stereocenters. The maximum Gasteiger partial charge on any atom is 0.226 e. The molecule has 6 heteroatoms. The van der Waals surface area contributed by atoms with Gasteiger partial charge in [-0.15, -0.1) is 0 Å². The Bertz CT molecular complexity index is 680. The molecule has 0 aliphatic heterocycles. The van der Waals surface area contributed by atoms with Gasteiger partial charge in [0.1, 0.15) is 12.4 Å². The summed E-state index contributed by atoms with van der Waals surface area (Å²) in [5.41, 5.74) is 2.94. The van der Waals surface area contributed by atoms with Crippen LogP contribution in [0.1, 0.15) is 17.0 Å². The van der Waals surface area contributed by atoms with E-state index in [9.17, 15) is 4.79 Å². The molecule has 0 fully saturated rings. The van der Waals surface area contributed by atoms with Crippen LogP contribution in [-0.2, 0) is 18.3 Å². The number of rotatable bonds is 6. The van der Waals surface area contributed by atoms with Crippen molar-refractivity contribution >= 4 is 17.5 Å². The quantitative estimate of drug-likeness (QED) is 0.815. The van der Waals surface area contributed by atoms with Gasteiger partial charge in [-0.2, -0.15) is 5.10 Å². The molecule has 2 aromatic rings. The molecule has 23 heavy (non-hydrogen) atoms. The van der Waals surface area contributed by atoms with Crippen LogP contribution in [0.25, 0.3) is 0 Å². The highest BCUT2D eigenvalue weighted by molar-refractivity contribution is 6.30. The van der Waals surface area contributed by atoms with Gasteiger partial charge >= 0.3 is 0 Å². The van der Waals surface area contributed by atoms with E-state index < -0.39 is 0 Å². The largest absolute Gasteiger partial charge is 0.492 e. The van der Waals surface area contributed by atoms with Crippen LogP contribution in [0.15, 0.2) is 24.3 Å². The van der Waals surface area contributed by atoms with Crippen LogP contribution in [0, 0.1) is 13.8 Å². The zero-order valence-electron chi connectivity index (χ0n) is 14.0. The molecule has 2 rings (SSSR count). The fraction of sp³-hybridized carbons (Fsp3) is 0.412. The Balaban J connectivity index is 1.84. The van der Waals surface area contributed by atoms with Gasteiger partial charge in [-0.3, -0.25) is 9.48 Å². The molecule has 0 N–H and O–H groups in total. The third-order valence-corrected chi connectivity index (χ3v) is 4.17. The molecule has 1 aromatic heterocycles. The van der Waals surface area contributed by atoms with Gasteiger partial charge < -0.3 is 9.64 Å². The molecule has 124 valence electrons. The highest BCUT2D eigenvalue weighted by Crippen LogP contribution is 2.16. The van der Waals surface area contributed by atoms with Crippen LogP contribution in [0.3, 0.4) is 0 Å². The van der Waals surface area contributed by atoms with E-state index in [0.29, 0.717) is 24.6 Å². The van der Waals surface area contributed by atoms with Gasteiger partial charge in [0.05, 0.1) is 18.7 Å². The number of nitrogens with zero attached hydrogens (tertiary/aromatic N) is 3. The van der Waals surface area contributed by atoms with Crippen molar-refractivity contribution in [2.45, 2.75) is 20.3 Å². The summed E-state index contributed by atoms with van der Waals surface area (Å²) in [4.78, 5) is 14.0. The minimum atomic E-state index is 0.0592. The number of aromatic nitrogens is 2. The number of halogens is 1. The summed E-state index contributed by atoms with van der Waals surface area (Å²) >= 11 is 5.83. The first kappa shape index (κ1) is 17.3. The van der Waals surface area contributed by atoms with Gasteiger partial charge in [-0.1, -0.05) is 11.6 Å². The molecular weight excluding hydrogens is 314 g/mol. The monoisotopic (exact) mass is 335 g/mol. The minimum absolute atomic E-state index is 0.0592. The third kappa shape index (κ3) is 4.48. The van der Waals surface area contributed by atoms with Crippen LogP contribution >= 0.6 is 11.6 Å². The molecule has 0 saturated heterocycles. The predicted molar refractivity (Wildman–Crippen MR) is 91.0 cm³/mol. The zero-order chi connectivity index (χ0) is 17.0. The lowest BCUT2D eigenvalue weighted by Gasteiger charge is -2.17. The number of hydrogen-bond donors (Lipinski definition) is 0. The fourth-order valence-corrected chi connectivity index (χ4v) is 2.44. The summed E-state index contributed by atoms with van der Waals surface area (Å²) in [5, 5.41) is 5.02. The highest BCUT2D eigenvalue weighted by Gasteiger charge is 2.16. The van der Waals surface area contributed by atoms with E-state index in [1.807, 2.05) is 37.7 Å². The Morgan fingerprint density at radius 3 is 2.52 bits per heavy atom. The molecule has 1 heterocycles. The molecule has 0 spiro atoms. The van der Waals surface area contributed by atoms with Gasteiger partial charge in [0.25, 0.3) is 0 Å². The molecular formula is C17H22ClN3O2. The lowest BCUT2D eigenvalue weighted by molar-refractivity contribution is -0.129. The summed E-state index contributed by atoms with van der Waals surface area (Å²) < 4.78 is 7.42. The molecule has 0 saturated carbocycles. The van der Waals surface area contributed by atoms with Crippen LogP contribution in [0.2, 0.25) is 5.02 Å². The molecule has 5 nitrogen and oxygen atoms in total. The first-order valence-electron chi connectivity index (χ1n) is 7.50. The molecule has 0 radical (unpaired) electrons. The van der Waals surface area contributed by atoms with Gasteiger partial charge in [-0.25, -0.2) is 0 Å². The SMILES string of the molecule is Cc1nn(C)c(C)c1CC(=O)N(C)CCOc1ccc(Cl)cc1. The van der Waals surface area contributed by atoms with E-state index in [-0.39, 0.29) is 5.91 Å². The molecule has 0 aliphatic rings. The van der Waals surface area contributed by atoms with Gasteiger partial charge in [-0.05, 0) is 38.1 Å². The van der Waals surface area contributed by atoms with Crippen LogP contribution < -0.4 is 4.74 Å². The van der Waals surface area contributed by atoms with Crippen molar-refractivity contribution < 1.29 is 9.53 Å². The second kappa shape index (κ2) is 7.51. The van der Waals surface area contributed by atoms with Crippen molar-refractivity contribution in [3.63, 3.8) is 0 Å². The maximum absolute atomic E-state index is 12.3. The number of ether oxygens (including phenoxy) is 1. The van der Waals surface area contributed by atoms with E-state index >= 15 is 0 Å². The predicted octanol–water partition coefficient (Wildman–Crippen LogP) is 2.77. The lowest BCUT2D eigenvalue weighted by Crippen LogP contribution is -2.32. The number of carbonyl (C=O) groups excluding carboxylic acids is 1. The Morgan fingerprint density at radius 2 is 1.96 bits per heavy atom. The second-order valence-corrected chi connectivity index (χ2v) is 6.00. The number of hydrogen-bond acceptors (Lipinski definition) is 3. The van der Waals surface area contributed by atoms with Crippen molar-refractivity contribution in [2.24, 2.45) is 7.05 Å². The van der Waals surface area contributed by atoms with Gasteiger partial charge in [0.2, 0.25) is 5.91 Å². The normalized spacial score (nSPS) is 10.7. The van der Waals surface area contributed by atoms with Crippen LogP contribution in [0.4, 0.5) is 0 Å². The Kier molecular flexibility index (Phi) is 5.66. The average Bonchev–Trinajstić information content (AvgIpc) is 2.75. The standard InChI is InChI=1S/C17H22ClN3O2/c1-12-16(13(2)21(4)19-12)11-17(22)20(3)9-10-23-15-7-5-14(18)6-8-15/h5-8H,9-11H2,1-4H3. The summed E-state index contributed by atoms with van der Waals surface area (Å²) in [6.07, 6.45) is 0.364. The minimum Gasteiger partial charge on any atom is -0.492 e. The summed E-state index contributed by atoms with van der Waals surface area (Å²) in [6, 6.07) is 7.18. The van der Waals surface area contributed by atoms with Crippen molar-refractivity contribution in [1.82, 2.24) is 14.7 Å². The van der Waals surface area contributed by atoms with E-state index in [0.717, 1.165) is 22.7 Å². The Labute approximate surface area is 141 Å². The van der Waals surface area contributed by atoms with E-state index in [1.54, 1.807) is 24.1 Å². The smallest absolute Gasteiger partial charge is 0.226 e. The molecule has 0 atom stereocenters. The molecule has 1 aromatic carbocycles. The number of aryl methyl sites for hydroxylation is 2. The summed E-state index contributed by atoms with van der Waals surface area (Å²) in [6.45, 7) is 4.88. The van der Waals surface area contributed by atoms with E-state index in [1.165, 1.54) is 0 Å². The van der Waals surface area contributed by atoms with Crippen molar-refractivity contribution in [3.05, 3.63) is 46.2 Å². The number of carbonyl (C=O) groups is 1. The zero-order valence-corrected chi connectivity index (χ0v) is 14.7. The first-order chi connectivity index (χ1) is 10.9. The highest BCUT2D eigenvalue weighted by atomic mass is 35.5. The Hall–Kier alpha value is -2.01. The van der Waals surface area contributed by atoms with E-state index in [4.69, 9.17) is 16.3 Å². The van der Waals surface area contributed by atoms with Gasteiger partial charge in [0, 0.05) is 30.4 Å². The maximum atomic E-state index is 12.3. The molecule has 0 aliphatic carbocycles. The number of benzene rings is 1. The van der Waals surface area contributed by atoms with Crippen LogP contribution in [0.5, 0.6) is 5.75 Å². The average molecular weight is 336 g/mol. The second-order valence-electron chi connectivity index (χ2n) is 5.57. The van der Waals surface area contributed by atoms with Crippen molar-refractivity contribution in [2.75, 3.05) is 20.2 Å². The first-order valence-corrected chi connectivity index (χ1v) is 7.87. The third-order valence-electron chi connectivity index (χ3n) is 3.92. The number of amides is 1. The lowest BCUT2D eigenvalue weighted by atomic mass is 10.1. The van der Waals surface area contributed by atoms with Crippen molar-refractivity contribution in [1.29, 1.82) is 0 Å². The number of likely N-dealkylation sites (N-methyl/N-ethyl adjacent to an activating group) is 1. The molecule has 1 amide bonds.